The van der Waals surface area contributed by atoms with E-state index in [2.05, 4.69) is 13.2 Å². The van der Waals surface area contributed by atoms with Crippen molar-refractivity contribution in [2.45, 2.75) is 47.3 Å². The summed E-state index contributed by atoms with van der Waals surface area (Å²) in [5.74, 6) is -1.73. The number of hydrogen-bond acceptors (Lipinski definition) is 5. The first-order valence-corrected chi connectivity index (χ1v) is 8.45. The van der Waals surface area contributed by atoms with Crippen LogP contribution in [0.4, 0.5) is 0 Å². The van der Waals surface area contributed by atoms with E-state index in [1.807, 2.05) is 27.7 Å². The molecule has 0 aromatic carbocycles. The monoisotopic (exact) mass is 354 g/mol. The highest BCUT2D eigenvalue weighted by atomic mass is 16.7. The molecule has 1 heterocycles. The van der Waals surface area contributed by atoms with Crippen LogP contribution in [0.25, 0.3) is 0 Å². The largest absolute Gasteiger partial charge is 0.478 e. The Labute approximate surface area is 149 Å². The SMILES string of the molecule is C=C(C)C(=O)OCC(C)(C)C1OCC(CC)(C(C)C(=C)C(=O)O)CO1. The van der Waals surface area contributed by atoms with Crippen LogP contribution in [-0.2, 0) is 23.8 Å². The van der Waals surface area contributed by atoms with Crippen LogP contribution in [-0.4, -0.2) is 43.2 Å². The molecule has 1 aliphatic heterocycles. The molecule has 1 saturated heterocycles. The molecule has 0 aromatic heterocycles. The minimum Gasteiger partial charge on any atom is -0.478 e. The van der Waals surface area contributed by atoms with E-state index < -0.39 is 29.1 Å². The highest BCUT2D eigenvalue weighted by Crippen LogP contribution is 2.42. The molecule has 1 aliphatic rings. The molecule has 0 amide bonds. The molecule has 6 nitrogen and oxygen atoms in total. The van der Waals surface area contributed by atoms with Crippen LogP contribution in [0.3, 0.4) is 0 Å². The first-order valence-electron chi connectivity index (χ1n) is 8.45. The van der Waals surface area contributed by atoms with Crippen molar-refractivity contribution in [3.8, 4) is 0 Å². The molecule has 0 spiro atoms. The number of esters is 1. The number of ether oxygens (including phenoxy) is 3. The van der Waals surface area contributed by atoms with Crippen molar-refractivity contribution >= 4 is 11.9 Å². The predicted molar refractivity (Wildman–Crippen MR) is 93.9 cm³/mol. The second kappa shape index (κ2) is 8.15. The van der Waals surface area contributed by atoms with Crippen molar-refractivity contribution in [1.29, 1.82) is 0 Å². The lowest BCUT2D eigenvalue weighted by Crippen LogP contribution is -2.51. The minimum atomic E-state index is -1.01. The van der Waals surface area contributed by atoms with Gasteiger partial charge in [-0.3, -0.25) is 0 Å². The lowest BCUT2D eigenvalue weighted by molar-refractivity contribution is -0.281. The Bertz CT molecular complexity index is 540. The molecule has 1 unspecified atom stereocenters. The third-order valence-electron chi connectivity index (χ3n) is 5.03. The number of aliphatic carboxylic acids is 1. The number of hydrogen-bond donors (Lipinski definition) is 1. The predicted octanol–water partition coefficient (Wildman–Crippen LogP) is 3.18. The molecule has 0 aliphatic carbocycles. The van der Waals surface area contributed by atoms with Gasteiger partial charge in [0.15, 0.2) is 6.29 Å². The van der Waals surface area contributed by atoms with E-state index >= 15 is 0 Å². The summed E-state index contributed by atoms with van der Waals surface area (Å²) in [6, 6.07) is 0. The van der Waals surface area contributed by atoms with Crippen molar-refractivity contribution in [2.24, 2.45) is 16.7 Å². The Morgan fingerprint density at radius 2 is 1.84 bits per heavy atom. The van der Waals surface area contributed by atoms with Gasteiger partial charge in [0.1, 0.15) is 6.61 Å². The Kier molecular flexibility index (Phi) is 6.97. The fraction of sp³-hybridized carbons (Fsp3) is 0.684. The van der Waals surface area contributed by atoms with Crippen molar-refractivity contribution in [1.82, 2.24) is 0 Å². The van der Waals surface area contributed by atoms with Gasteiger partial charge in [-0.2, -0.15) is 0 Å². The van der Waals surface area contributed by atoms with Crippen LogP contribution >= 0.6 is 0 Å². The summed E-state index contributed by atoms with van der Waals surface area (Å²) in [4.78, 5) is 22.8. The molecule has 1 atom stereocenters. The van der Waals surface area contributed by atoms with E-state index in [0.29, 0.717) is 25.2 Å². The Morgan fingerprint density at radius 1 is 1.32 bits per heavy atom. The van der Waals surface area contributed by atoms with Crippen LogP contribution in [0.1, 0.15) is 41.0 Å². The van der Waals surface area contributed by atoms with E-state index in [0.717, 1.165) is 0 Å². The average Bonchev–Trinajstić information content (AvgIpc) is 2.58. The van der Waals surface area contributed by atoms with Gasteiger partial charge in [0, 0.05) is 22.0 Å². The quantitative estimate of drug-likeness (QED) is 0.532. The van der Waals surface area contributed by atoms with E-state index in [1.165, 1.54) is 0 Å². The highest BCUT2D eigenvalue weighted by Gasteiger charge is 2.46. The van der Waals surface area contributed by atoms with Gasteiger partial charge in [-0.05, 0) is 19.3 Å². The normalized spacial score (nSPS) is 25.1. The van der Waals surface area contributed by atoms with Crippen molar-refractivity contribution < 1.29 is 28.9 Å². The molecular weight excluding hydrogens is 324 g/mol. The summed E-state index contributed by atoms with van der Waals surface area (Å²) >= 11 is 0. The maximum atomic E-state index is 11.6. The maximum absolute atomic E-state index is 11.6. The summed E-state index contributed by atoms with van der Waals surface area (Å²) in [6.07, 6.45) is 0.161. The molecule has 1 fully saturated rings. The van der Waals surface area contributed by atoms with Gasteiger partial charge in [-0.1, -0.05) is 40.9 Å². The van der Waals surface area contributed by atoms with Crippen LogP contribution in [0, 0.1) is 16.7 Å². The molecular formula is C19H30O6. The number of carboxylic acid groups (broad SMARTS) is 1. The standard InChI is InChI=1S/C19H30O6/c1-8-19(14(5)13(4)15(20)21)10-24-17(25-11-19)18(6,7)9-23-16(22)12(2)3/h14,17H,2,4,8-11H2,1,3,5-7H3,(H,20,21). The van der Waals surface area contributed by atoms with Crippen LogP contribution in [0.5, 0.6) is 0 Å². The van der Waals surface area contributed by atoms with Crippen molar-refractivity contribution in [3.05, 3.63) is 24.3 Å². The fourth-order valence-corrected chi connectivity index (χ4v) is 2.78. The molecule has 142 valence electrons. The van der Waals surface area contributed by atoms with Crippen LogP contribution in [0.2, 0.25) is 0 Å². The molecule has 0 radical (unpaired) electrons. The van der Waals surface area contributed by atoms with Gasteiger partial charge in [0.25, 0.3) is 0 Å². The first kappa shape index (κ1) is 21.4. The first-order chi connectivity index (χ1) is 11.5. The second-order valence-electron chi connectivity index (χ2n) is 7.57. The summed E-state index contributed by atoms with van der Waals surface area (Å²) in [7, 11) is 0. The third-order valence-corrected chi connectivity index (χ3v) is 5.03. The number of carbonyl (C=O) groups is 2. The number of carbonyl (C=O) groups excluding carboxylic acids is 1. The van der Waals surface area contributed by atoms with E-state index in [-0.39, 0.29) is 18.1 Å². The zero-order valence-electron chi connectivity index (χ0n) is 15.9. The molecule has 1 N–H and O–H groups in total. The van der Waals surface area contributed by atoms with Gasteiger partial charge in [-0.25, -0.2) is 9.59 Å². The average molecular weight is 354 g/mol. The molecule has 0 aromatic rings. The van der Waals surface area contributed by atoms with Crippen LogP contribution < -0.4 is 0 Å². The Balaban J connectivity index is 2.75. The van der Waals surface area contributed by atoms with E-state index in [1.54, 1.807) is 6.92 Å². The zero-order valence-corrected chi connectivity index (χ0v) is 15.9. The number of rotatable bonds is 8. The van der Waals surface area contributed by atoms with Gasteiger partial charge < -0.3 is 19.3 Å². The van der Waals surface area contributed by atoms with Gasteiger partial charge in [-0.15, -0.1) is 0 Å². The maximum Gasteiger partial charge on any atom is 0.333 e. The summed E-state index contributed by atoms with van der Waals surface area (Å²) < 4.78 is 17.1. The van der Waals surface area contributed by atoms with E-state index in [9.17, 15) is 14.7 Å². The molecule has 0 bridgehead atoms. The van der Waals surface area contributed by atoms with Crippen molar-refractivity contribution in [3.63, 3.8) is 0 Å². The smallest absolute Gasteiger partial charge is 0.333 e. The fourth-order valence-electron chi connectivity index (χ4n) is 2.78. The summed E-state index contributed by atoms with van der Waals surface area (Å²) in [6.45, 7) is 17.3. The Morgan fingerprint density at radius 3 is 2.24 bits per heavy atom. The second-order valence-corrected chi connectivity index (χ2v) is 7.57. The summed E-state index contributed by atoms with van der Waals surface area (Å²) in [5.41, 5.74) is -0.483. The minimum absolute atomic E-state index is 0.139. The van der Waals surface area contributed by atoms with E-state index in [4.69, 9.17) is 14.2 Å². The van der Waals surface area contributed by atoms with Crippen molar-refractivity contribution in [2.75, 3.05) is 19.8 Å². The van der Waals surface area contributed by atoms with Gasteiger partial charge in [0.05, 0.1) is 13.2 Å². The molecule has 25 heavy (non-hydrogen) atoms. The lowest BCUT2D eigenvalue weighted by atomic mass is 9.71. The highest BCUT2D eigenvalue weighted by molar-refractivity contribution is 5.87. The number of carboxylic acids is 1. The molecule has 6 heteroatoms. The van der Waals surface area contributed by atoms with Crippen LogP contribution in [0.15, 0.2) is 24.3 Å². The summed E-state index contributed by atoms with van der Waals surface area (Å²) in [5, 5.41) is 9.20. The molecule has 0 saturated carbocycles. The van der Waals surface area contributed by atoms with Gasteiger partial charge >= 0.3 is 11.9 Å². The Hall–Kier alpha value is -1.66. The van der Waals surface area contributed by atoms with Gasteiger partial charge in [0.2, 0.25) is 0 Å². The topological polar surface area (TPSA) is 82.1 Å². The third kappa shape index (κ3) is 4.92. The molecule has 1 rings (SSSR count). The lowest BCUT2D eigenvalue weighted by Gasteiger charge is -2.47. The zero-order chi connectivity index (χ0) is 19.4.